The molecule has 1 fully saturated rings. The minimum atomic E-state index is -0.668. The zero-order chi connectivity index (χ0) is 21.5. The molecular formula is C18H32N6O4. The van der Waals surface area contributed by atoms with E-state index in [2.05, 4.69) is 25.9 Å². The molecule has 0 spiro atoms. The molecule has 0 bridgehead atoms. The summed E-state index contributed by atoms with van der Waals surface area (Å²) in [7, 11) is 0. The van der Waals surface area contributed by atoms with Crippen LogP contribution in [0, 0.1) is 6.92 Å². The van der Waals surface area contributed by atoms with Crippen LogP contribution >= 0.6 is 0 Å². The molecule has 1 aromatic heterocycles. The lowest BCUT2D eigenvalue weighted by molar-refractivity contribution is -0.129. The van der Waals surface area contributed by atoms with Gasteiger partial charge in [0, 0.05) is 24.9 Å². The fraction of sp³-hybridized carbons (Fsp3) is 0.611. The Bertz CT molecular complexity index is 605. The topological polar surface area (TPSA) is 159 Å². The first-order valence-corrected chi connectivity index (χ1v) is 9.25. The lowest BCUT2D eigenvalue weighted by atomic mass is 10.1. The summed E-state index contributed by atoms with van der Waals surface area (Å²) >= 11 is 0. The van der Waals surface area contributed by atoms with Crippen molar-refractivity contribution in [3.63, 3.8) is 0 Å². The first-order chi connectivity index (χ1) is 13.2. The predicted octanol–water partition coefficient (Wildman–Crippen LogP) is -0.106. The lowest BCUT2D eigenvalue weighted by Crippen LogP contribution is -2.50. The van der Waals surface area contributed by atoms with Crippen LogP contribution < -0.4 is 21.7 Å². The van der Waals surface area contributed by atoms with Crippen molar-refractivity contribution in [1.29, 1.82) is 0 Å². The van der Waals surface area contributed by atoms with Crippen molar-refractivity contribution in [3.8, 4) is 0 Å². The molecule has 6 N–H and O–H groups in total. The Kier molecular flexibility index (Phi) is 12.7. The maximum atomic E-state index is 11.4. The van der Waals surface area contributed by atoms with E-state index in [-0.39, 0.29) is 5.91 Å². The van der Waals surface area contributed by atoms with E-state index >= 15 is 0 Å². The average molecular weight is 396 g/mol. The fourth-order valence-electron chi connectivity index (χ4n) is 2.16. The van der Waals surface area contributed by atoms with E-state index in [9.17, 15) is 19.2 Å². The van der Waals surface area contributed by atoms with Crippen molar-refractivity contribution in [3.05, 3.63) is 18.2 Å². The molecule has 0 saturated carbocycles. The van der Waals surface area contributed by atoms with Crippen LogP contribution in [0.1, 0.15) is 52.3 Å². The molecule has 1 aromatic rings. The van der Waals surface area contributed by atoms with Gasteiger partial charge in [-0.1, -0.05) is 13.3 Å². The Hall–Kier alpha value is -2.91. The summed E-state index contributed by atoms with van der Waals surface area (Å²) in [5.74, 6) is 0.186. The number of hydrogen-bond donors (Lipinski definition) is 5. The predicted molar refractivity (Wildman–Crippen MR) is 105 cm³/mol. The minimum absolute atomic E-state index is 0.201. The maximum Gasteiger partial charge on any atom is 0.242 e. The number of rotatable bonds is 7. The van der Waals surface area contributed by atoms with Crippen LogP contribution in [0.15, 0.2) is 12.4 Å². The van der Waals surface area contributed by atoms with Gasteiger partial charge in [-0.25, -0.2) is 4.98 Å². The van der Waals surface area contributed by atoms with Gasteiger partial charge in [0.2, 0.25) is 24.1 Å². The zero-order valence-electron chi connectivity index (χ0n) is 17.0. The minimum Gasteiger partial charge on any atom is -0.368 e. The standard InChI is InChI=1S/C9H17N3O3.C5H9NO.C4H6N2/c1-3-4-7(8(10)14)12-9(15)6(2)11-5-13;1-4-2-3-5(7)6-4;1-4-5-2-3-6-4/h5-7H,3-4H2,1-2H3,(H2,10,14)(H,11,13)(H,12,15);4H,2-3H2,1H3,(H,6,7);2-3H,1H3,(H,5,6). The second kappa shape index (κ2) is 14.2. The van der Waals surface area contributed by atoms with Crippen molar-refractivity contribution in [2.24, 2.45) is 5.73 Å². The highest BCUT2D eigenvalue weighted by Gasteiger charge is 2.20. The van der Waals surface area contributed by atoms with Gasteiger partial charge >= 0.3 is 0 Å². The van der Waals surface area contributed by atoms with Gasteiger partial charge in [-0.15, -0.1) is 0 Å². The Morgan fingerprint density at radius 2 is 2.14 bits per heavy atom. The summed E-state index contributed by atoms with van der Waals surface area (Å²) in [5, 5.41) is 7.53. The van der Waals surface area contributed by atoms with Gasteiger partial charge in [-0.2, -0.15) is 0 Å². The summed E-state index contributed by atoms with van der Waals surface area (Å²) < 4.78 is 0. The summed E-state index contributed by atoms with van der Waals surface area (Å²) in [5.41, 5.74) is 5.10. The first kappa shape index (κ1) is 25.1. The molecule has 0 radical (unpaired) electrons. The highest BCUT2D eigenvalue weighted by Crippen LogP contribution is 2.03. The van der Waals surface area contributed by atoms with Crippen LogP contribution in [-0.2, 0) is 19.2 Å². The molecule has 2 rings (SSSR count). The van der Waals surface area contributed by atoms with Gasteiger partial charge in [-0.05, 0) is 33.6 Å². The van der Waals surface area contributed by atoms with Crippen molar-refractivity contribution in [1.82, 2.24) is 25.9 Å². The highest BCUT2D eigenvalue weighted by molar-refractivity contribution is 5.89. The second-order valence-corrected chi connectivity index (χ2v) is 6.44. The molecule has 4 amide bonds. The second-order valence-electron chi connectivity index (χ2n) is 6.44. The van der Waals surface area contributed by atoms with E-state index in [4.69, 9.17) is 5.73 Å². The quantitative estimate of drug-likeness (QED) is 0.406. The number of aromatic nitrogens is 2. The molecule has 3 atom stereocenters. The van der Waals surface area contributed by atoms with Crippen LogP contribution in [0.5, 0.6) is 0 Å². The first-order valence-electron chi connectivity index (χ1n) is 9.25. The number of carbonyl (C=O) groups excluding carboxylic acids is 4. The van der Waals surface area contributed by atoms with Crippen LogP contribution in [-0.4, -0.2) is 52.2 Å². The number of carbonyl (C=O) groups is 4. The van der Waals surface area contributed by atoms with Crippen LogP contribution in [0.25, 0.3) is 0 Å². The molecular weight excluding hydrogens is 364 g/mol. The Balaban J connectivity index is 0.000000454. The van der Waals surface area contributed by atoms with Crippen molar-refractivity contribution >= 4 is 24.1 Å². The summed E-state index contributed by atoms with van der Waals surface area (Å²) in [6.07, 6.45) is 6.94. The largest absolute Gasteiger partial charge is 0.368 e. The third kappa shape index (κ3) is 11.7. The molecule has 3 unspecified atom stereocenters. The Morgan fingerprint density at radius 3 is 2.43 bits per heavy atom. The summed E-state index contributed by atoms with van der Waals surface area (Å²) in [4.78, 5) is 49.5. The molecule has 10 nitrogen and oxygen atoms in total. The molecule has 1 aliphatic heterocycles. The number of nitrogens with two attached hydrogens (primary N) is 1. The molecule has 2 heterocycles. The van der Waals surface area contributed by atoms with E-state index in [1.807, 2.05) is 20.8 Å². The number of hydrogen-bond acceptors (Lipinski definition) is 5. The molecule has 0 aliphatic carbocycles. The number of nitrogens with one attached hydrogen (secondary N) is 4. The number of imidazole rings is 1. The van der Waals surface area contributed by atoms with Crippen molar-refractivity contribution in [2.45, 2.75) is 71.5 Å². The lowest BCUT2D eigenvalue weighted by Gasteiger charge is -2.17. The maximum absolute atomic E-state index is 11.4. The summed E-state index contributed by atoms with van der Waals surface area (Å²) in [6.45, 7) is 7.34. The van der Waals surface area contributed by atoms with Crippen LogP contribution in [0.2, 0.25) is 0 Å². The smallest absolute Gasteiger partial charge is 0.242 e. The highest BCUT2D eigenvalue weighted by atomic mass is 16.2. The van der Waals surface area contributed by atoms with E-state index < -0.39 is 23.9 Å². The molecule has 1 saturated heterocycles. The number of nitrogens with zero attached hydrogens (tertiary/aromatic N) is 1. The van der Waals surface area contributed by atoms with Crippen LogP contribution in [0.3, 0.4) is 0 Å². The zero-order valence-corrected chi connectivity index (χ0v) is 17.0. The Morgan fingerprint density at radius 1 is 1.46 bits per heavy atom. The van der Waals surface area contributed by atoms with Gasteiger partial charge < -0.3 is 26.7 Å². The van der Waals surface area contributed by atoms with Crippen molar-refractivity contribution in [2.75, 3.05) is 0 Å². The van der Waals surface area contributed by atoms with Crippen LogP contribution in [0.4, 0.5) is 0 Å². The molecule has 28 heavy (non-hydrogen) atoms. The van der Waals surface area contributed by atoms with Gasteiger partial charge in [0.25, 0.3) is 0 Å². The SMILES string of the molecule is CC1CCC(=O)N1.CCCC(NC(=O)C(C)NC=O)C(N)=O.Cc1ncc[nH]1. The van der Waals surface area contributed by atoms with E-state index in [1.54, 1.807) is 12.4 Å². The molecule has 1 aliphatic rings. The van der Waals surface area contributed by atoms with Gasteiger partial charge in [-0.3, -0.25) is 19.2 Å². The van der Waals surface area contributed by atoms with Crippen molar-refractivity contribution < 1.29 is 19.2 Å². The van der Waals surface area contributed by atoms with Gasteiger partial charge in [0.15, 0.2) is 0 Å². The van der Waals surface area contributed by atoms with Gasteiger partial charge in [0.1, 0.15) is 17.9 Å². The third-order valence-electron chi connectivity index (χ3n) is 3.80. The third-order valence-corrected chi connectivity index (χ3v) is 3.80. The van der Waals surface area contributed by atoms with E-state index in [0.717, 1.165) is 25.1 Å². The van der Waals surface area contributed by atoms with E-state index in [0.29, 0.717) is 18.9 Å². The van der Waals surface area contributed by atoms with E-state index in [1.165, 1.54) is 6.92 Å². The number of H-pyrrole nitrogens is 1. The number of aryl methyl sites for hydroxylation is 1. The fourth-order valence-corrected chi connectivity index (χ4v) is 2.16. The number of amides is 4. The average Bonchev–Trinajstić information content (AvgIpc) is 3.26. The normalized spacial score (nSPS) is 16.9. The molecule has 10 heteroatoms. The number of primary amides is 1. The van der Waals surface area contributed by atoms with Gasteiger partial charge in [0.05, 0.1) is 0 Å². The number of aromatic amines is 1. The molecule has 158 valence electrons. The molecule has 0 aromatic carbocycles. The summed E-state index contributed by atoms with van der Waals surface area (Å²) in [6, 6.07) is -0.910. The monoisotopic (exact) mass is 396 g/mol. The Labute approximate surface area is 165 Å².